The van der Waals surface area contributed by atoms with Crippen LogP contribution in [0.1, 0.15) is 139 Å². The second kappa shape index (κ2) is 16.2. The first-order chi connectivity index (χ1) is 23.3. The number of carbonyl (C=O) groups is 4. The number of hydrogen-bond acceptors (Lipinski definition) is 6. The highest BCUT2D eigenvalue weighted by atomic mass is 16.5. The van der Waals surface area contributed by atoms with Gasteiger partial charge in [-0.2, -0.15) is 0 Å². The molecule has 4 saturated carbocycles. The number of aliphatic hydroxyl groups excluding tert-OH is 1. The van der Waals surface area contributed by atoms with E-state index in [-0.39, 0.29) is 46.8 Å². The van der Waals surface area contributed by atoms with E-state index in [4.69, 9.17) is 14.6 Å². The molecule has 0 aliphatic heterocycles. The van der Waals surface area contributed by atoms with Crippen molar-refractivity contribution in [1.82, 2.24) is 0 Å². The molecule has 7 heteroatoms. The van der Waals surface area contributed by atoms with Crippen LogP contribution in [-0.4, -0.2) is 41.0 Å². The first-order valence-corrected chi connectivity index (χ1v) is 19.3. The minimum absolute atomic E-state index is 0. The van der Waals surface area contributed by atoms with Crippen LogP contribution >= 0.6 is 0 Å². The van der Waals surface area contributed by atoms with Crippen LogP contribution < -0.4 is 0 Å². The lowest BCUT2D eigenvalue weighted by atomic mass is 9.36. The fraction of sp³-hybridized carbons (Fsp3) is 0.727. The molecule has 0 amide bonds. The van der Waals surface area contributed by atoms with Crippen molar-refractivity contribution in [2.45, 2.75) is 146 Å². The van der Waals surface area contributed by atoms with Crippen LogP contribution in [0, 0.1) is 56.7 Å². The highest BCUT2D eigenvalue weighted by Gasteiger charge is 2.66. The van der Waals surface area contributed by atoms with Gasteiger partial charge in [0.1, 0.15) is 18.7 Å². The zero-order valence-corrected chi connectivity index (χ0v) is 33.3. The van der Waals surface area contributed by atoms with Gasteiger partial charge in [-0.3, -0.25) is 9.59 Å². The maximum absolute atomic E-state index is 13.2. The third kappa shape index (κ3) is 8.15. The van der Waals surface area contributed by atoms with E-state index < -0.39 is 5.41 Å². The van der Waals surface area contributed by atoms with E-state index in [1.165, 1.54) is 44.6 Å². The predicted octanol–water partition coefficient (Wildman–Crippen LogP) is 8.68. The molecule has 286 valence electrons. The third-order valence-electron chi connectivity index (χ3n) is 14.1. The minimum Gasteiger partial charge on any atom is -0.462 e. The van der Waals surface area contributed by atoms with Gasteiger partial charge in [0.2, 0.25) is 0 Å². The molecule has 0 heterocycles. The van der Waals surface area contributed by atoms with Crippen molar-refractivity contribution < 1.29 is 34.5 Å². The van der Waals surface area contributed by atoms with Gasteiger partial charge in [-0.15, -0.1) is 0 Å². The lowest BCUT2D eigenvalue weighted by Crippen LogP contribution is -2.62. The van der Waals surface area contributed by atoms with Crippen molar-refractivity contribution in [2.75, 3.05) is 0 Å². The molecule has 3 N–H and O–H groups in total. The van der Waals surface area contributed by atoms with Crippen LogP contribution in [0.3, 0.4) is 0 Å². The second-order valence-corrected chi connectivity index (χ2v) is 18.6. The quantitative estimate of drug-likeness (QED) is 0.233. The molecule has 1 aromatic carbocycles. The summed E-state index contributed by atoms with van der Waals surface area (Å²) < 4.78 is 6.15. The van der Waals surface area contributed by atoms with Gasteiger partial charge in [0.05, 0.1) is 13.0 Å². The fourth-order valence-electron chi connectivity index (χ4n) is 12.0. The topological polar surface area (TPSA) is 129 Å². The summed E-state index contributed by atoms with van der Waals surface area (Å²) in [5, 5.41) is 8.54. The standard InChI is InChI=1S/C35H54O4.C7H8O.C2H4O.H2O/c1-21(2)29-24(37)18-33(7)15-12-23-22(30(29)33)10-11-26-34(23,8)16-13-25-32(5,6)27(14-17-35(25,26)9)39-28(38)19-31(3,4)20-36;8-6-7-4-2-1-3-5-7;1-2-3;/h20-23,25-27H,10-19H2,1-9H3;1-5,8H,6H2;2H,1H3;1H2/t22?,23?,25?,26?,27-,33-,34-,35-;;;/m0.../s1. The molecule has 1 aromatic rings. The molecule has 6 rings (SSSR count). The summed E-state index contributed by atoms with van der Waals surface area (Å²) in [6, 6.07) is 9.52. The molecule has 0 bridgehead atoms. The van der Waals surface area contributed by atoms with Gasteiger partial charge in [0.15, 0.2) is 5.78 Å². The van der Waals surface area contributed by atoms with Crippen LogP contribution in [0.25, 0.3) is 0 Å². The Kier molecular flexibility index (Phi) is 13.6. The molecule has 5 aliphatic rings. The zero-order valence-electron chi connectivity index (χ0n) is 33.3. The predicted molar refractivity (Wildman–Crippen MR) is 203 cm³/mol. The largest absolute Gasteiger partial charge is 0.462 e. The van der Waals surface area contributed by atoms with Gasteiger partial charge in [0, 0.05) is 17.3 Å². The van der Waals surface area contributed by atoms with E-state index in [0.717, 1.165) is 43.8 Å². The number of rotatable bonds is 6. The Bertz CT molecular complexity index is 1430. The number of benzene rings is 1. The first-order valence-electron chi connectivity index (χ1n) is 19.3. The summed E-state index contributed by atoms with van der Waals surface area (Å²) in [6.07, 6.45) is 11.7. The molecule has 5 aliphatic carbocycles. The lowest BCUT2D eigenvalue weighted by molar-refractivity contribution is -0.213. The van der Waals surface area contributed by atoms with Crippen LogP contribution in [-0.2, 0) is 30.5 Å². The summed E-state index contributed by atoms with van der Waals surface area (Å²) in [4.78, 5) is 46.3. The van der Waals surface area contributed by atoms with Gasteiger partial charge in [-0.1, -0.05) is 98.2 Å². The zero-order chi connectivity index (χ0) is 37.3. The highest BCUT2D eigenvalue weighted by molar-refractivity contribution is 6.00. The molecule has 0 saturated heterocycles. The van der Waals surface area contributed by atoms with E-state index in [1.807, 2.05) is 30.3 Å². The number of fused-ring (bicyclic) bond motifs is 7. The van der Waals surface area contributed by atoms with Crippen LogP contribution in [0.2, 0.25) is 0 Å². The van der Waals surface area contributed by atoms with Gasteiger partial charge in [-0.25, -0.2) is 0 Å². The molecule has 8 atom stereocenters. The molecular weight excluding hydrogens is 640 g/mol. The van der Waals surface area contributed by atoms with Crippen molar-refractivity contribution in [2.24, 2.45) is 56.7 Å². The van der Waals surface area contributed by atoms with E-state index in [9.17, 15) is 14.4 Å². The summed E-state index contributed by atoms with van der Waals surface area (Å²) in [6.45, 7) is 21.9. The van der Waals surface area contributed by atoms with Crippen molar-refractivity contribution in [3.63, 3.8) is 0 Å². The van der Waals surface area contributed by atoms with Crippen LogP contribution in [0.15, 0.2) is 41.5 Å². The molecular formula is C44H68O7. The number of hydrogen-bond donors (Lipinski definition) is 1. The molecule has 4 unspecified atom stereocenters. The molecule has 7 nitrogen and oxygen atoms in total. The number of allylic oxidation sites excluding steroid dienone is 2. The number of esters is 1. The maximum atomic E-state index is 13.2. The Labute approximate surface area is 308 Å². The van der Waals surface area contributed by atoms with Crippen LogP contribution in [0.4, 0.5) is 0 Å². The Morgan fingerprint density at radius 3 is 2.08 bits per heavy atom. The molecule has 0 spiro atoms. The number of ether oxygens (including phenoxy) is 1. The number of ketones is 1. The average Bonchev–Trinajstić information content (AvgIpc) is 3.33. The smallest absolute Gasteiger partial charge is 0.307 e. The number of carbonyl (C=O) groups excluding carboxylic acids is 4. The van der Waals surface area contributed by atoms with Crippen molar-refractivity contribution >= 4 is 24.3 Å². The third-order valence-corrected chi connectivity index (χ3v) is 14.1. The van der Waals surface area contributed by atoms with Gasteiger partial charge >= 0.3 is 5.97 Å². The summed E-state index contributed by atoms with van der Waals surface area (Å²) >= 11 is 0. The molecule has 51 heavy (non-hydrogen) atoms. The van der Waals surface area contributed by atoms with Gasteiger partial charge in [0.25, 0.3) is 0 Å². The second-order valence-electron chi connectivity index (χ2n) is 18.6. The first kappa shape index (κ1) is 42.8. The van der Waals surface area contributed by atoms with E-state index in [1.54, 1.807) is 19.4 Å². The van der Waals surface area contributed by atoms with Crippen molar-refractivity contribution in [3.8, 4) is 0 Å². The van der Waals surface area contributed by atoms with E-state index in [2.05, 4.69) is 48.5 Å². The van der Waals surface area contributed by atoms with Crippen LogP contribution in [0.5, 0.6) is 0 Å². The maximum Gasteiger partial charge on any atom is 0.307 e. The lowest BCUT2D eigenvalue weighted by Gasteiger charge is -2.68. The van der Waals surface area contributed by atoms with Gasteiger partial charge < -0.3 is 24.9 Å². The van der Waals surface area contributed by atoms with E-state index >= 15 is 0 Å². The molecule has 0 radical (unpaired) electrons. The Morgan fingerprint density at radius 2 is 1.53 bits per heavy atom. The fourth-order valence-corrected chi connectivity index (χ4v) is 12.0. The van der Waals surface area contributed by atoms with Gasteiger partial charge in [-0.05, 0) is 115 Å². The van der Waals surface area contributed by atoms with Crippen molar-refractivity contribution in [1.29, 1.82) is 0 Å². The normalized spacial score (nSPS) is 34.8. The average molecular weight is 709 g/mol. The Balaban J connectivity index is 0.000000505. The molecule has 4 fully saturated rings. The van der Waals surface area contributed by atoms with E-state index in [0.29, 0.717) is 40.8 Å². The summed E-state index contributed by atoms with van der Waals surface area (Å²) in [5.41, 5.74) is 3.56. The Morgan fingerprint density at radius 1 is 0.922 bits per heavy atom. The number of aliphatic hydroxyl groups is 1. The van der Waals surface area contributed by atoms with Crippen molar-refractivity contribution in [3.05, 3.63) is 47.0 Å². The number of Topliss-reactive ketones (excluding diaryl/α,β-unsaturated/α-hetero) is 1. The summed E-state index contributed by atoms with van der Waals surface area (Å²) in [5.74, 6) is 2.93. The summed E-state index contributed by atoms with van der Waals surface area (Å²) in [7, 11) is 0. The highest BCUT2D eigenvalue weighted by Crippen LogP contribution is 2.73. The Hall–Kier alpha value is -2.64. The SMILES string of the molecule is CC(C)C1=C2C3CCC4[C@@](C)(CCC5C(C)(C)[C@@H](OC(=O)CC(C)(C)C=O)CC[C@@]54C)C3CC[C@@]2(C)CC1=O.CC=O.O.OCc1ccccc1. The minimum atomic E-state index is -0.680. The molecule has 0 aromatic heterocycles. The number of aldehydes is 2. The monoisotopic (exact) mass is 708 g/mol.